The van der Waals surface area contributed by atoms with Crippen LogP contribution in [-0.2, 0) is 0 Å². The fourth-order valence-electron chi connectivity index (χ4n) is 1.61. The second-order valence-corrected chi connectivity index (χ2v) is 4.26. The molecule has 5 heteroatoms. The van der Waals surface area contributed by atoms with Gasteiger partial charge in [-0.3, -0.25) is 4.79 Å². The van der Waals surface area contributed by atoms with E-state index in [1.807, 2.05) is 14.0 Å². The second kappa shape index (κ2) is 6.86. The minimum atomic E-state index is -0.297. The van der Waals surface area contributed by atoms with Gasteiger partial charge in [-0.25, -0.2) is 0 Å². The van der Waals surface area contributed by atoms with Crippen LogP contribution in [0.4, 0.5) is 0 Å². The highest BCUT2D eigenvalue weighted by atomic mass is 16.5. The number of phenolic OH excluding ortho intramolecular Hbond substituents is 1. The van der Waals surface area contributed by atoms with Gasteiger partial charge in [0.05, 0.1) is 12.7 Å². The van der Waals surface area contributed by atoms with Crippen molar-refractivity contribution in [3.8, 4) is 11.5 Å². The molecule has 0 saturated carbocycles. The minimum Gasteiger partial charge on any atom is -0.507 e. The topological polar surface area (TPSA) is 70.6 Å². The summed E-state index contributed by atoms with van der Waals surface area (Å²) in [6.45, 7) is 3.41. The number of nitrogens with one attached hydrogen (secondary N) is 2. The summed E-state index contributed by atoms with van der Waals surface area (Å²) in [6, 6.07) is 4.58. The highest BCUT2D eigenvalue weighted by Crippen LogP contribution is 2.22. The number of ether oxygens (including phenoxy) is 1. The van der Waals surface area contributed by atoms with Gasteiger partial charge in [0.15, 0.2) is 0 Å². The molecule has 1 rings (SSSR count). The number of hydrogen-bond donors (Lipinski definition) is 3. The van der Waals surface area contributed by atoms with Gasteiger partial charge in [-0.2, -0.15) is 0 Å². The molecular weight excluding hydrogens is 232 g/mol. The number of carbonyl (C=O) groups is 1. The van der Waals surface area contributed by atoms with E-state index in [0.717, 1.165) is 6.54 Å². The Labute approximate surface area is 107 Å². The number of amides is 1. The van der Waals surface area contributed by atoms with Gasteiger partial charge < -0.3 is 20.5 Å². The molecule has 0 saturated heterocycles. The molecular formula is C13H20N2O3. The normalized spacial score (nSPS) is 11.9. The number of methoxy groups -OCH3 is 1. The summed E-state index contributed by atoms with van der Waals surface area (Å²) in [7, 11) is 3.38. The van der Waals surface area contributed by atoms with Crippen LogP contribution < -0.4 is 15.4 Å². The Hall–Kier alpha value is -1.75. The second-order valence-electron chi connectivity index (χ2n) is 4.26. The molecule has 0 aliphatic rings. The highest BCUT2D eigenvalue weighted by molar-refractivity contribution is 5.97. The molecule has 0 aliphatic carbocycles. The monoisotopic (exact) mass is 252 g/mol. The smallest absolute Gasteiger partial charge is 0.255 e. The van der Waals surface area contributed by atoms with E-state index in [1.165, 1.54) is 19.2 Å². The van der Waals surface area contributed by atoms with Crippen LogP contribution in [0.1, 0.15) is 17.3 Å². The van der Waals surface area contributed by atoms with E-state index in [4.69, 9.17) is 4.74 Å². The van der Waals surface area contributed by atoms with E-state index >= 15 is 0 Å². The van der Waals surface area contributed by atoms with Crippen molar-refractivity contribution in [2.24, 2.45) is 5.92 Å². The number of rotatable bonds is 6. The first-order chi connectivity index (χ1) is 8.58. The molecule has 0 radical (unpaired) electrons. The highest BCUT2D eigenvalue weighted by Gasteiger charge is 2.13. The molecule has 1 amide bonds. The van der Waals surface area contributed by atoms with Gasteiger partial charge >= 0.3 is 0 Å². The van der Waals surface area contributed by atoms with E-state index in [1.54, 1.807) is 6.07 Å². The van der Waals surface area contributed by atoms with E-state index in [2.05, 4.69) is 10.6 Å². The molecule has 100 valence electrons. The Morgan fingerprint density at radius 3 is 2.78 bits per heavy atom. The summed E-state index contributed by atoms with van der Waals surface area (Å²) < 4.78 is 5.02. The average molecular weight is 252 g/mol. The van der Waals surface area contributed by atoms with Crippen molar-refractivity contribution in [1.29, 1.82) is 0 Å². The number of benzene rings is 1. The molecule has 1 atom stereocenters. The molecule has 0 heterocycles. The number of carbonyl (C=O) groups excluding carboxylic acids is 1. The fraction of sp³-hybridized carbons (Fsp3) is 0.462. The van der Waals surface area contributed by atoms with Crippen LogP contribution in [0.5, 0.6) is 11.5 Å². The van der Waals surface area contributed by atoms with Crippen molar-refractivity contribution in [2.75, 3.05) is 27.2 Å². The summed E-state index contributed by atoms with van der Waals surface area (Å²) in [5.41, 5.74) is 0.228. The molecule has 1 aromatic rings. The van der Waals surface area contributed by atoms with Crippen LogP contribution in [0.2, 0.25) is 0 Å². The Morgan fingerprint density at radius 2 is 2.17 bits per heavy atom. The first kappa shape index (κ1) is 14.3. The molecule has 18 heavy (non-hydrogen) atoms. The predicted molar refractivity (Wildman–Crippen MR) is 70.1 cm³/mol. The van der Waals surface area contributed by atoms with E-state index in [-0.39, 0.29) is 17.2 Å². The van der Waals surface area contributed by atoms with Gasteiger partial charge in [-0.1, -0.05) is 6.92 Å². The maximum Gasteiger partial charge on any atom is 0.255 e. The SMILES string of the molecule is CNCC(C)CNC(=O)c1cc(OC)ccc1O. The Bertz CT molecular complexity index is 407. The summed E-state index contributed by atoms with van der Waals surface area (Å²) >= 11 is 0. The van der Waals surface area contributed by atoms with E-state index in [9.17, 15) is 9.90 Å². The third-order valence-corrected chi connectivity index (χ3v) is 2.61. The van der Waals surface area contributed by atoms with Crippen LogP contribution in [-0.4, -0.2) is 38.3 Å². The van der Waals surface area contributed by atoms with Gasteiger partial charge in [0.2, 0.25) is 0 Å². The third kappa shape index (κ3) is 3.92. The van der Waals surface area contributed by atoms with Crippen molar-refractivity contribution in [3.63, 3.8) is 0 Å². The third-order valence-electron chi connectivity index (χ3n) is 2.61. The number of aromatic hydroxyl groups is 1. The van der Waals surface area contributed by atoms with Crippen molar-refractivity contribution in [2.45, 2.75) is 6.92 Å². The van der Waals surface area contributed by atoms with Crippen LogP contribution in [0.15, 0.2) is 18.2 Å². The maximum atomic E-state index is 11.9. The molecule has 0 aromatic heterocycles. The van der Waals surface area contributed by atoms with Crippen molar-refractivity contribution < 1.29 is 14.6 Å². The summed E-state index contributed by atoms with van der Waals surface area (Å²) in [5.74, 6) is 0.525. The zero-order valence-electron chi connectivity index (χ0n) is 11.0. The lowest BCUT2D eigenvalue weighted by atomic mass is 10.1. The molecule has 3 N–H and O–H groups in total. The van der Waals surface area contributed by atoms with Crippen molar-refractivity contribution in [1.82, 2.24) is 10.6 Å². The average Bonchev–Trinajstić information content (AvgIpc) is 2.37. The zero-order chi connectivity index (χ0) is 13.5. The zero-order valence-corrected chi connectivity index (χ0v) is 11.0. The van der Waals surface area contributed by atoms with Crippen LogP contribution in [0.3, 0.4) is 0 Å². The molecule has 0 bridgehead atoms. The standard InChI is InChI=1S/C13H20N2O3/c1-9(7-14-2)8-15-13(17)11-6-10(18-3)4-5-12(11)16/h4-6,9,14,16H,7-8H2,1-3H3,(H,15,17). The van der Waals surface area contributed by atoms with Crippen molar-refractivity contribution in [3.05, 3.63) is 23.8 Å². The van der Waals surface area contributed by atoms with Crippen LogP contribution >= 0.6 is 0 Å². The molecule has 1 aromatic carbocycles. The first-order valence-electron chi connectivity index (χ1n) is 5.88. The number of phenols is 1. The Balaban J connectivity index is 2.66. The summed E-state index contributed by atoms with van der Waals surface area (Å²) in [6.07, 6.45) is 0. The quantitative estimate of drug-likeness (QED) is 0.706. The lowest BCUT2D eigenvalue weighted by Crippen LogP contribution is -2.32. The molecule has 0 spiro atoms. The van der Waals surface area contributed by atoms with Crippen LogP contribution in [0, 0.1) is 5.92 Å². The predicted octanol–water partition coefficient (Wildman–Crippen LogP) is 0.986. The van der Waals surface area contributed by atoms with Gasteiger partial charge in [0, 0.05) is 6.54 Å². The van der Waals surface area contributed by atoms with E-state index < -0.39 is 0 Å². The van der Waals surface area contributed by atoms with E-state index in [0.29, 0.717) is 18.2 Å². The molecule has 0 aliphatic heterocycles. The summed E-state index contributed by atoms with van der Waals surface area (Å²) in [4.78, 5) is 11.9. The largest absolute Gasteiger partial charge is 0.507 e. The minimum absolute atomic E-state index is 0.0467. The maximum absolute atomic E-state index is 11.9. The van der Waals surface area contributed by atoms with Gasteiger partial charge in [0.25, 0.3) is 5.91 Å². The lowest BCUT2D eigenvalue weighted by Gasteiger charge is -2.13. The Kier molecular flexibility index (Phi) is 5.45. The molecule has 0 fully saturated rings. The fourth-order valence-corrected chi connectivity index (χ4v) is 1.61. The van der Waals surface area contributed by atoms with Crippen molar-refractivity contribution >= 4 is 5.91 Å². The molecule has 5 nitrogen and oxygen atoms in total. The molecule has 1 unspecified atom stereocenters. The summed E-state index contributed by atoms with van der Waals surface area (Å²) in [5, 5.41) is 15.5. The van der Waals surface area contributed by atoms with Crippen LogP contribution in [0.25, 0.3) is 0 Å². The van der Waals surface area contributed by atoms with Gasteiger partial charge in [-0.05, 0) is 37.7 Å². The first-order valence-corrected chi connectivity index (χ1v) is 5.88. The number of hydrogen-bond acceptors (Lipinski definition) is 4. The Morgan fingerprint density at radius 1 is 1.44 bits per heavy atom. The van der Waals surface area contributed by atoms with Gasteiger partial charge in [0.1, 0.15) is 11.5 Å². The van der Waals surface area contributed by atoms with Gasteiger partial charge in [-0.15, -0.1) is 0 Å². The lowest BCUT2D eigenvalue weighted by molar-refractivity contribution is 0.0945.